The molecule has 0 radical (unpaired) electrons. The number of hydrogen-bond donors (Lipinski definition) is 1. The Kier molecular flexibility index (Phi) is 4.25. The largest absolute Gasteiger partial charge is 0.496 e. The third kappa shape index (κ3) is 2.40. The highest BCUT2D eigenvalue weighted by Crippen LogP contribution is 2.55. The Labute approximate surface area is 125 Å². The summed E-state index contributed by atoms with van der Waals surface area (Å²) in [5, 5.41) is 20.8. The number of methoxy groups -OCH3 is 1. The van der Waals surface area contributed by atoms with Crippen LogP contribution in [0.15, 0.2) is 18.2 Å². The van der Waals surface area contributed by atoms with E-state index in [1.807, 2.05) is 0 Å². The molecule has 3 atom stereocenters. The van der Waals surface area contributed by atoms with E-state index < -0.39 is 16.8 Å². The molecule has 3 unspecified atom stereocenters. The highest BCUT2D eigenvalue weighted by Gasteiger charge is 2.54. The molecule has 4 heteroatoms. The molecule has 0 amide bonds. The Bertz CT molecular complexity index is 564. The molecule has 0 bridgehead atoms. The smallest absolute Gasteiger partial charge is 0.133 e. The van der Waals surface area contributed by atoms with E-state index in [2.05, 4.69) is 13.0 Å². The summed E-state index contributed by atoms with van der Waals surface area (Å²) in [7, 11) is 1.44. The minimum absolute atomic E-state index is 0.0887. The van der Waals surface area contributed by atoms with Crippen molar-refractivity contribution in [1.29, 1.82) is 5.26 Å². The van der Waals surface area contributed by atoms with Crippen molar-refractivity contribution in [2.45, 2.75) is 45.1 Å². The van der Waals surface area contributed by atoms with Gasteiger partial charge in [0.25, 0.3) is 0 Å². The van der Waals surface area contributed by atoms with Crippen molar-refractivity contribution >= 4 is 0 Å². The van der Waals surface area contributed by atoms with Gasteiger partial charge in [0.2, 0.25) is 0 Å². The normalized spacial score (nSPS) is 27.9. The third-order valence-corrected chi connectivity index (χ3v) is 5.02. The molecule has 1 aromatic carbocycles. The first kappa shape index (κ1) is 15.8. The molecule has 1 fully saturated rings. The number of benzene rings is 1. The Balaban J connectivity index is 2.54. The van der Waals surface area contributed by atoms with Crippen LogP contribution in [0.4, 0.5) is 4.39 Å². The van der Waals surface area contributed by atoms with Crippen LogP contribution in [0.1, 0.15) is 45.1 Å². The molecule has 21 heavy (non-hydrogen) atoms. The summed E-state index contributed by atoms with van der Waals surface area (Å²) in [4.78, 5) is 0. The summed E-state index contributed by atoms with van der Waals surface area (Å²) in [5.74, 6) is 0.150. The molecular formula is C17H22FNO2. The topological polar surface area (TPSA) is 53.2 Å². The number of aliphatic hydroxyl groups is 1. The summed E-state index contributed by atoms with van der Waals surface area (Å²) < 4.78 is 19.5. The van der Waals surface area contributed by atoms with Crippen LogP contribution in [0.2, 0.25) is 0 Å². The van der Waals surface area contributed by atoms with Crippen molar-refractivity contribution in [3.05, 3.63) is 29.6 Å². The lowest BCUT2D eigenvalue weighted by Crippen LogP contribution is -2.42. The molecule has 1 N–H and O–H groups in total. The van der Waals surface area contributed by atoms with Gasteiger partial charge in [0.05, 0.1) is 24.2 Å². The molecule has 2 rings (SSSR count). The first-order valence-electron chi connectivity index (χ1n) is 7.38. The van der Waals surface area contributed by atoms with Crippen molar-refractivity contribution < 1.29 is 14.2 Å². The quantitative estimate of drug-likeness (QED) is 0.919. The third-order valence-electron chi connectivity index (χ3n) is 5.02. The minimum atomic E-state index is -1.58. The standard InChI is InChI=1S/C17H22FNO2/c1-4-12-8-9-17(10-12,11-19)16(2,20)15-13(18)6-5-7-14(15)21-3/h5-7,12,20H,4,8-10H2,1-3H3. The van der Waals surface area contributed by atoms with E-state index in [9.17, 15) is 14.8 Å². The summed E-state index contributed by atoms with van der Waals surface area (Å²) in [6.07, 6.45) is 3.02. The molecule has 114 valence electrons. The van der Waals surface area contributed by atoms with E-state index in [1.165, 1.54) is 26.2 Å². The molecule has 0 saturated heterocycles. The predicted molar refractivity (Wildman–Crippen MR) is 78.2 cm³/mol. The van der Waals surface area contributed by atoms with Crippen LogP contribution >= 0.6 is 0 Å². The van der Waals surface area contributed by atoms with Gasteiger partial charge in [-0.2, -0.15) is 5.26 Å². The summed E-state index contributed by atoms with van der Waals surface area (Å²) in [6, 6.07) is 6.74. The first-order valence-corrected chi connectivity index (χ1v) is 7.38. The summed E-state index contributed by atoms with van der Waals surface area (Å²) in [5.41, 5.74) is -2.46. The lowest BCUT2D eigenvalue weighted by Gasteiger charge is -2.38. The summed E-state index contributed by atoms with van der Waals surface area (Å²) in [6.45, 7) is 3.62. The number of ether oxygens (including phenoxy) is 1. The van der Waals surface area contributed by atoms with E-state index >= 15 is 0 Å². The fourth-order valence-electron chi connectivity index (χ4n) is 3.53. The summed E-state index contributed by atoms with van der Waals surface area (Å²) >= 11 is 0. The first-order chi connectivity index (χ1) is 9.91. The number of nitriles is 1. The maximum atomic E-state index is 14.3. The molecule has 1 aromatic rings. The van der Waals surface area contributed by atoms with E-state index in [-0.39, 0.29) is 11.3 Å². The number of hydrogen-bond acceptors (Lipinski definition) is 3. The molecule has 0 spiro atoms. The van der Waals surface area contributed by atoms with Crippen LogP contribution in [-0.4, -0.2) is 12.2 Å². The maximum Gasteiger partial charge on any atom is 0.133 e. The van der Waals surface area contributed by atoms with Crippen LogP contribution in [0.3, 0.4) is 0 Å². The van der Waals surface area contributed by atoms with Crippen molar-refractivity contribution in [3.63, 3.8) is 0 Å². The number of rotatable bonds is 4. The zero-order chi connectivity index (χ0) is 15.7. The molecule has 0 heterocycles. The van der Waals surface area contributed by atoms with E-state index in [4.69, 9.17) is 4.74 Å². The lowest BCUT2D eigenvalue weighted by atomic mass is 9.68. The molecule has 1 aliphatic rings. The highest BCUT2D eigenvalue weighted by molar-refractivity contribution is 5.42. The van der Waals surface area contributed by atoms with E-state index in [1.54, 1.807) is 6.07 Å². The fraction of sp³-hybridized carbons (Fsp3) is 0.588. The van der Waals surface area contributed by atoms with Gasteiger partial charge in [-0.25, -0.2) is 4.39 Å². The molecule has 0 aliphatic heterocycles. The van der Waals surface area contributed by atoms with Crippen LogP contribution in [0.5, 0.6) is 5.75 Å². The van der Waals surface area contributed by atoms with Gasteiger partial charge in [0, 0.05) is 0 Å². The molecule has 3 nitrogen and oxygen atoms in total. The minimum Gasteiger partial charge on any atom is -0.496 e. The van der Waals surface area contributed by atoms with Gasteiger partial charge >= 0.3 is 0 Å². The van der Waals surface area contributed by atoms with Crippen molar-refractivity contribution in [2.75, 3.05) is 7.11 Å². The van der Waals surface area contributed by atoms with Crippen molar-refractivity contribution in [3.8, 4) is 11.8 Å². The average molecular weight is 291 g/mol. The van der Waals surface area contributed by atoms with Gasteiger partial charge in [0.1, 0.15) is 17.2 Å². The maximum absolute atomic E-state index is 14.3. The van der Waals surface area contributed by atoms with Gasteiger partial charge in [-0.3, -0.25) is 0 Å². The monoisotopic (exact) mass is 291 g/mol. The second-order valence-corrected chi connectivity index (χ2v) is 6.10. The predicted octanol–water partition coefficient (Wildman–Crippen LogP) is 3.76. The number of nitrogens with zero attached hydrogens (tertiary/aromatic N) is 1. The Hall–Kier alpha value is -1.60. The van der Waals surface area contributed by atoms with Gasteiger partial charge in [-0.05, 0) is 44.2 Å². The zero-order valence-electron chi connectivity index (χ0n) is 12.8. The van der Waals surface area contributed by atoms with Crippen LogP contribution < -0.4 is 4.74 Å². The SMILES string of the molecule is CCC1CCC(C#N)(C(C)(O)c2c(F)cccc2OC)C1. The lowest BCUT2D eigenvalue weighted by molar-refractivity contribution is -0.0485. The Morgan fingerprint density at radius 2 is 2.29 bits per heavy atom. The second-order valence-electron chi connectivity index (χ2n) is 6.10. The van der Waals surface area contributed by atoms with Crippen molar-refractivity contribution in [2.24, 2.45) is 11.3 Å². The second kappa shape index (κ2) is 5.65. The van der Waals surface area contributed by atoms with Gasteiger partial charge in [0.15, 0.2) is 0 Å². The van der Waals surface area contributed by atoms with Gasteiger partial charge < -0.3 is 9.84 Å². The zero-order valence-corrected chi connectivity index (χ0v) is 12.8. The van der Waals surface area contributed by atoms with Crippen LogP contribution in [0, 0.1) is 28.5 Å². The Morgan fingerprint density at radius 3 is 2.81 bits per heavy atom. The van der Waals surface area contributed by atoms with E-state index in [0.717, 1.165) is 12.8 Å². The average Bonchev–Trinajstić information content (AvgIpc) is 2.92. The van der Waals surface area contributed by atoms with Gasteiger partial charge in [-0.1, -0.05) is 19.4 Å². The molecular weight excluding hydrogens is 269 g/mol. The number of halogens is 1. The van der Waals surface area contributed by atoms with Crippen LogP contribution in [-0.2, 0) is 5.60 Å². The van der Waals surface area contributed by atoms with Crippen molar-refractivity contribution in [1.82, 2.24) is 0 Å². The highest BCUT2D eigenvalue weighted by atomic mass is 19.1. The fourth-order valence-corrected chi connectivity index (χ4v) is 3.53. The Morgan fingerprint density at radius 1 is 1.57 bits per heavy atom. The van der Waals surface area contributed by atoms with E-state index in [0.29, 0.717) is 18.8 Å². The molecule has 1 aliphatic carbocycles. The molecule has 1 saturated carbocycles. The van der Waals surface area contributed by atoms with Gasteiger partial charge in [-0.15, -0.1) is 0 Å². The van der Waals surface area contributed by atoms with Crippen LogP contribution in [0.25, 0.3) is 0 Å². The molecule has 0 aromatic heterocycles.